The second-order valence-electron chi connectivity index (χ2n) is 6.96. The Morgan fingerprint density at radius 1 is 1.09 bits per heavy atom. The van der Waals surface area contributed by atoms with E-state index >= 15 is 0 Å². The first-order chi connectivity index (χ1) is 15.3. The van der Waals surface area contributed by atoms with Crippen molar-refractivity contribution >= 4 is 55.6 Å². The Labute approximate surface area is 192 Å². The van der Waals surface area contributed by atoms with Crippen LogP contribution in [0.5, 0.6) is 0 Å². The van der Waals surface area contributed by atoms with Gasteiger partial charge in [-0.3, -0.25) is 9.52 Å². The lowest BCUT2D eigenvalue weighted by Crippen LogP contribution is -2.31. The highest BCUT2D eigenvalue weighted by Crippen LogP contribution is 2.26. The van der Waals surface area contributed by atoms with E-state index in [4.69, 9.17) is 11.6 Å². The molecule has 2 heterocycles. The fourth-order valence-electron chi connectivity index (χ4n) is 3.26. The van der Waals surface area contributed by atoms with Crippen molar-refractivity contribution < 1.29 is 13.2 Å². The van der Waals surface area contributed by atoms with E-state index in [0.29, 0.717) is 28.5 Å². The van der Waals surface area contributed by atoms with Gasteiger partial charge in [0.2, 0.25) is 0 Å². The number of halogens is 1. The SMILES string of the molecule is CCN(Cc1ccc(Cl)s1)C(=O)c1ccccc1NS(=O)(=O)c1ccc2[nH]c(=O)[nH]c2c1. The van der Waals surface area contributed by atoms with Crippen molar-refractivity contribution in [1.29, 1.82) is 0 Å². The first-order valence-corrected chi connectivity index (χ1v) is 12.3. The fraction of sp³-hybridized carbons (Fsp3) is 0.143. The molecule has 4 rings (SSSR count). The molecular weight excluding hydrogens is 472 g/mol. The number of carbonyl (C=O) groups is 1. The van der Waals surface area contributed by atoms with E-state index < -0.39 is 15.7 Å². The molecule has 0 bridgehead atoms. The van der Waals surface area contributed by atoms with Gasteiger partial charge in [0.25, 0.3) is 15.9 Å². The number of hydrogen-bond acceptors (Lipinski definition) is 5. The van der Waals surface area contributed by atoms with Gasteiger partial charge < -0.3 is 14.9 Å². The lowest BCUT2D eigenvalue weighted by atomic mass is 10.1. The van der Waals surface area contributed by atoms with Crippen LogP contribution >= 0.6 is 22.9 Å². The molecular formula is C21H19ClN4O4S2. The average molecular weight is 491 g/mol. The van der Waals surface area contributed by atoms with Crippen LogP contribution in [-0.2, 0) is 16.6 Å². The minimum absolute atomic E-state index is 0.0388. The van der Waals surface area contributed by atoms with Gasteiger partial charge in [0.1, 0.15) is 0 Å². The Kier molecular flexibility index (Phi) is 6.09. The molecule has 11 heteroatoms. The molecule has 8 nitrogen and oxygen atoms in total. The zero-order chi connectivity index (χ0) is 22.9. The Morgan fingerprint density at radius 3 is 2.56 bits per heavy atom. The van der Waals surface area contributed by atoms with Gasteiger partial charge in [0.15, 0.2) is 0 Å². The summed E-state index contributed by atoms with van der Waals surface area (Å²) in [7, 11) is -4.01. The first kappa shape index (κ1) is 22.1. The lowest BCUT2D eigenvalue weighted by molar-refractivity contribution is 0.0755. The first-order valence-electron chi connectivity index (χ1n) is 9.64. The number of H-pyrrole nitrogens is 2. The summed E-state index contributed by atoms with van der Waals surface area (Å²) < 4.78 is 29.2. The maximum absolute atomic E-state index is 13.2. The minimum atomic E-state index is -4.01. The number of hydrogen-bond donors (Lipinski definition) is 3. The number of aromatic nitrogens is 2. The highest BCUT2D eigenvalue weighted by atomic mass is 35.5. The Bertz CT molecular complexity index is 1460. The smallest absolute Gasteiger partial charge is 0.323 e. The van der Waals surface area contributed by atoms with Crippen LogP contribution in [-0.4, -0.2) is 35.7 Å². The molecule has 2 aromatic carbocycles. The van der Waals surface area contributed by atoms with Crippen LogP contribution in [0, 0.1) is 0 Å². The summed E-state index contributed by atoms with van der Waals surface area (Å²) in [5.74, 6) is -0.305. The van der Waals surface area contributed by atoms with Gasteiger partial charge in [-0.15, -0.1) is 11.3 Å². The monoisotopic (exact) mass is 490 g/mol. The van der Waals surface area contributed by atoms with Gasteiger partial charge in [-0.25, -0.2) is 13.2 Å². The number of para-hydroxylation sites is 1. The fourth-order valence-corrected chi connectivity index (χ4v) is 5.47. The van der Waals surface area contributed by atoms with E-state index in [0.717, 1.165) is 4.88 Å². The standard InChI is InChI=1S/C21H19ClN4O4S2/c1-2-26(12-13-7-10-19(22)31-13)20(27)15-5-3-4-6-16(15)25-32(29,30)14-8-9-17-18(11-14)24-21(28)23-17/h3-11,25H,2,12H2,1H3,(H2,23,24,28). The predicted octanol–water partition coefficient (Wildman–Crippen LogP) is 4.03. The van der Waals surface area contributed by atoms with Crippen molar-refractivity contribution in [2.45, 2.75) is 18.4 Å². The number of aromatic amines is 2. The largest absolute Gasteiger partial charge is 0.334 e. The van der Waals surface area contributed by atoms with Crippen LogP contribution in [0.4, 0.5) is 5.69 Å². The van der Waals surface area contributed by atoms with Crippen molar-refractivity contribution in [2.24, 2.45) is 0 Å². The second kappa shape index (κ2) is 8.81. The maximum atomic E-state index is 13.2. The third kappa shape index (κ3) is 4.57. The summed E-state index contributed by atoms with van der Waals surface area (Å²) in [6.07, 6.45) is 0. The Morgan fingerprint density at radius 2 is 1.84 bits per heavy atom. The average Bonchev–Trinajstić information content (AvgIpc) is 3.34. The number of fused-ring (bicyclic) bond motifs is 1. The van der Waals surface area contributed by atoms with Crippen LogP contribution in [0.25, 0.3) is 11.0 Å². The summed E-state index contributed by atoms with van der Waals surface area (Å²) in [5, 5.41) is 0. The van der Waals surface area contributed by atoms with Gasteiger partial charge in [0, 0.05) is 11.4 Å². The number of nitrogens with one attached hydrogen (secondary N) is 3. The lowest BCUT2D eigenvalue weighted by Gasteiger charge is -2.22. The number of amides is 1. The molecule has 0 fully saturated rings. The highest BCUT2D eigenvalue weighted by Gasteiger charge is 2.22. The number of sulfonamides is 1. The highest BCUT2D eigenvalue weighted by molar-refractivity contribution is 7.92. The molecule has 166 valence electrons. The van der Waals surface area contributed by atoms with E-state index in [1.165, 1.54) is 35.6 Å². The van der Waals surface area contributed by atoms with Crippen LogP contribution in [0.1, 0.15) is 22.2 Å². The van der Waals surface area contributed by atoms with Crippen molar-refractivity contribution in [3.63, 3.8) is 0 Å². The number of thiophene rings is 1. The van der Waals surface area contributed by atoms with Crippen LogP contribution in [0.15, 0.2) is 64.3 Å². The molecule has 0 aliphatic rings. The van der Waals surface area contributed by atoms with E-state index in [1.54, 1.807) is 29.2 Å². The Hall–Kier alpha value is -3.08. The van der Waals surface area contributed by atoms with Crippen LogP contribution in [0.3, 0.4) is 0 Å². The molecule has 0 atom stereocenters. The van der Waals surface area contributed by atoms with Gasteiger partial charge in [-0.1, -0.05) is 23.7 Å². The molecule has 32 heavy (non-hydrogen) atoms. The number of nitrogens with zero attached hydrogens (tertiary/aromatic N) is 1. The third-order valence-electron chi connectivity index (χ3n) is 4.84. The zero-order valence-electron chi connectivity index (χ0n) is 16.9. The summed E-state index contributed by atoms with van der Waals surface area (Å²) >= 11 is 7.38. The van der Waals surface area contributed by atoms with E-state index in [-0.39, 0.29) is 22.1 Å². The molecule has 0 saturated heterocycles. The topological polar surface area (TPSA) is 115 Å². The molecule has 0 spiro atoms. The number of anilines is 1. The maximum Gasteiger partial charge on any atom is 0.323 e. The number of imidazole rings is 1. The third-order valence-corrected chi connectivity index (χ3v) is 7.42. The second-order valence-corrected chi connectivity index (χ2v) is 10.4. The summed E-state index contributed by atoms with van der Waals surface area (Å²) in [5.41, 5.74) is 0.843. The van der Waals surface area contributed by atoms with Crippen molar-refractivity contribution in [2.75, 3.05) is 11.3 Å². The van der Waals surface area contributed by atoms with Gasteiger partial charge in [0.05, 0.1) is 38.1 Å². The molecule has 0 unspecified atom stereocenters. The van der Waals surface area contributed by atoms with E-state index in [2.05, 4.69) is 14.7 Å². The summed E-state index contributed by atoms with van der Waals surface area (Å²) in [6.45, 7) is 2.66. The Balaban J connectivity index is 1.63. The van der Waals surface area contributed by atoms with Gasteiger partial charge in [-0.05, 0) is 49.4 Å². The van der Waals surface area contributed by atoms with Crippen molar-refractivity contribution in [3.05, 3.63) is 79.9 Å². The van der Waals surface area contributed by atoms with Crippen molar-refractivity contribution in [1.82, 2.24) is 14.9 Å². The molecule has 0 saturated carbocycles. The normalized spacial score (nSPS) is 11.6. The summed E-state index contributed by atoms with van der Waals surface area (Å²) in [6, 6.07) is 14.3. The predicted molar refractivity (Wildman–Crippen MR) is 126 cm³/mol. The molecule has 3 N–H and O–H groups in total. The van der Waals surface area contributed by atoms with Gasteiger partial charge >= 0.3 is 5.69 Å². The molecule has 0 aliphatic carbocycles. The minimum Gasteiger partial charge on any atom is -0.334 e. The van der Waals surface area contributed by atoms with Gasteiger partial charge in [-0.2, -0.15) is 0 Å². The van der Waals surface area contributed by atoms with Crippen LogP contribution < -0.4 is 10.4 Å². The summed E-state index contributed by atoms with van der Waals surface area (Å²) in [4.78, 5) is 32.3. The quantitative estimate of drug-likeness (QED) is 0.362. The van der Waals surface area contributed by atoms with Crippen molar-refractivity contribution in [3.8, 4) is 0 Å². The number of benzene rings is 2. The molecule has 4 aromatic rings. The molecule has 0 aliphatic heterocycles. The van der Waals surface area contributed by atoms with Crippen LogP contribution in [0.2, 0.25) is 4.34 Å². The number of rotatable bonds is 7. The molecule has 0 radical (unpaired) electrons. The zero-order valence-corrected chi connectivity index (χ0v) is 19.3. The van der Waals surface area contributed by atoms with E-state index in [9.17, 15) is 18.0 Å². The molecule has 2 aromatic heterocycles. The number of carbonyl (C=O) groups excluding carboxylic acids is 1. The van der Waals surface area contributed by atoms with E-state index in [1.807, 2.05) is 13.0 Å². The molecule has 1 amide bonds.